The van der Waals surface area contributed by atoms with Crippen molar-refractivity contribution < 1.29 is 0 Å². The third-order valence-electron chi connectivity index (χ3n) is 11.7. The number of anilines is 3. The highest BCUT2D eigenvalue weighted by atomic mass is 32.1. The van der Waals surface area contributed by atoms with Gasteiger partial charge in [0.2, 0.25) is 0 Å². The van der Waals surface area contributed by atoms with Crippen LogP contribution in [0.5, 0.6) is 0 Å². The Morgan fingerprint density at radius 2 is 0.650 bits per heavy atom. The number of hydrogen-bond acceptors (Lipinski definition) is 2. The van der Waals surface area contributed by atoms with E-state index >= 15 is 0 Å². The lowest BCUT2D eigenvalue weighted by Gasteiger charge is -2.26. The Balaban J connectivity index is 1.12. The summed E-state index contributed by atoms with van der Waals surface area (Å²) in [6, 6.07) is 86.1. The van der Waals surface area contributed by atoms with E-state index in [1.807, 2.05) is 11.3 Å². The minimum atomic E-state index is 1.11. The molecule has 0 aliphatic rings. The van der Waals surface area contributed by atoms with Crippen LogP contribution in [-0.2, 0) is 0 Å². The number of benzene rings is 10. The Morgan fingerprint density at radius 1 is 0.233 bits per heavy atom. The van der Waals surface area contributed by atoms with E-state index in [4.69, 9.17) is 0 Å². The summed E-state index contributed by atoms with van der Waals surface area (Å²) in [5, 5.41) is 5.07. The van der Waals surface area contributed by atoms with Crippen LogP contribution in [-0.4, -0.2) is 0 Å². The summed E-state index contributed by atoms with van der Waals surface area (Å²) >= 11 is 1.86. The fourth-order valence-corrected chi connectivity index (χ4v) is 10.1. The van der Waals surface area contributed by atoms with E-state index in [-0.39, 0.29) is 0 Å². The largest absolute Gasteiger partial charge is 0.310 e. The van der Waals surface area contributed by atoms with Crippen LogP contribution in [0.3, 0.4) is 0 Å². The second kappa shape index (κ2) is 15.3. The molecule has 10 aromatic carbocycles. The fourth-order valence-electron chi connectivity index (χ4n) is 8.95. The Labute approximate surface area is 354 Å². The molecule has 0 spiro atoms. The van der Waals surface area contributed by atoms with E-state index < -0.39 is 0 Å². The predicted molar refractivity (Wildman–Crippen MR) is 259 cm³/mol. The summed E-state index contributed by atoms with van der Waals surface area (Å²) in [4.78, 5) is 2.37. The third-order valence-corrected chi connectivity index (χ3v) is 12.8. The molecule has 0 radical (unpaired) electrons. The average Bonchev–Trinajstić information content (AvgIpc) is 3.70. The molecule has 60 heavy (non-hydrogen) atoms. The van der Waals surface area contributed by atoms with Gasteiger partial charge in [-0.2, -0.15) is 0 Å². The van der Waals surface area contributed by atoms with Gasteiger partial charge in [-0.1, -0.05) is 188 Å². The summed E-state index contributed by atoms with van der Waals surface area (Å²) in [6.45, 7) is 0. The van der Waals surface area contributed by atoms with Crippen molar-refractivity contribution in [3.63, 3.8) is 0 Å². The zero-order valence-corrected chi connectivity index (χ0v) is 33.7. The molecule has 11 aromatic rings. The molecule has 0 unspecified atom stereocenters. The van der Waals surface area contributed by atoms with E-state index in [1.54, 1.807) is 0 Å². The maximum atomic E-state index is 2.42. The van der Waals surface area contributed by atoms with Gasteiger partial charge in [-0.3, -0.25) is 0 Å². The van der Waals surface area contributed by atoms with Gasteiger partial charge in [-0.05, 0) is 115 Å². The molecule has 2 heteroatoms. The number of thiophene rings is 1. The molecule has 0 saturated heterocycles. The third kappa shape index (κ3) is 6.35. The molecule has 0 N–H and O–H groups in total. The fraction of sp³-hybridized carbons (Fsp3) is 0. The Bertz CT molecular complexity index is 3270. The summed E-state index contributed by atoms with van der Waals surface area (Å²) in [6.07, 6.45) is 0. The molecule has 0 saturated carbocycles. The summed E-state index contributed by atoms with van der Waals surface area (Å²) in [7, 11) is 0. The van der Waals surface area contributed by atoms with Crippen molar-refractivity contribution in [2.24, 2.45) is 0 Å². The van der Waals surface area contributed by atoms with Gasteiger partial charge in [0.05, 0.1) is 0 Å². The van der Waals surface area contributed by atoms with E-state index in [0.29, 0.717) is 0 Å². The van der Waals surface area contributed by atoms with Crippen molar-refractivity contribution in [1.29, 1.82) is 0 Å². The lowest BCUT2D eigenvalue weighted by atomic mass is 9.78. The van der Waals surface area contributed by atoms with E-state index in [2.05, 4.69) is 241 Å². The second-order valence-electron chi connectivity index (χ2n) is 15.2. The standard InChI is InChI=1S/C58H39NS/c1-6-18-41(19-7-1)55-51-36-32-45(38-52(51)56(42-20-8-2-9-21-42)58(44-24-12-4-13-25-44)57(55)43-22-10-3-11-23-43)40-30-33-47(34-31-40)59(46-26-14-5-15-27-46)48-35-37-50-49-28-16-17-29-53(49)60-54(50)39-48/h1-39H. The molecular formula is C58H39NS. The van der Waals surface area contributed by atoms with Gasteiger partial charge in [0.1, 0.15) is 0 Å². The Kier molecular flexibility index (Phi) is 9.11. The van der Waals surface area contributed by atoms with Gasteiger partial charge in [0.15, 0.2) is 0 Å². The van der Waals surface area contributed by atoms with Crippen LogP contribution in [0.4, 0.5) is 17.1 Å². The topological polar surface area (TPSA) is 3.24 Å². The van der Waals surface area contributed by atoms with Crippen molar-refractivity contribution in [2.75, 3.05) is 4.90 Å². The molecule has 1 aromatic heterocycles. The van der Waals surface area contributed by atoms with Crippen LogP contribution < -0.4 is 4.90 Å². The first-order valence-corrected chi connectivity index (χ1v) is 21.3. The highest BCUT2D eigenvalue weighted by molar-refractivity contribution is 7.25. The molecular weight excluding hydrogens is 743 g/mol. The highest BCUT2D eigenvalue weighted by Gasteiger charge is 2.24. The molecule has 0 aliphatic heterocycles. The average molecular weight is 782 g/mol. The summed E-state index contributed by atoms with van der Waals surface area (Å²) < 4.78 is 2.60. The van der Waals surface area contributed by atoms with Crippen LogP contribution in [0.15, 0.2) is 237 Å². The van der Waals surface area contributed by atoms with Gasteiger partial charge in [-0.15, -0.1) is 11.3 Å². The maximum absolute atomic E-state index is 2.42. The van der Waals surface area contributed by atoms with Crippen molar-refractivity contribution >= 4 is 59.3 Å². The lowest BCUT2D eigenvalue weighted by Crippen LogP contribution is -2.09. The van der Waals surface area contributed by atoms with Crippen molar-refractivity contribution in [1.82, 2.24) is 0 Å². The Morgan fingerprint density at radius 3 is 1.23 bits per heavy atom. The van der Waals surface area contributed by atoms with Gasteiger partial charge in [-0.25, -0.2) is 0 Å². The first-order chi connectivity index (χ1) is 29.8. The number of hydrogen-bond donors (Lipinski definition) is 0. The zero-order chi connectivity index (χ0) is 39.8. The van der Waals surface area contributed by atoms with Crippen LogP contribution in [0.2, 0.25) is 0 Å². The van der Waals surface area contributed by atoms with Gasteiger partial charge in [0, 0.05) is 37.2 Å². The first-order valence-electron chi connectivity index (χ1n) is 20.5. The lowest BCUT2D eigenvalue weighted by molar-refractivity contribution is 1.29. The minimum Gasteiger partial charge on any atom is -0.310 e. The van der Waals surface area contributed by atoms with Crippen molar-refractivity contribution in [3.8, 4) is 55.6 Å². The minimum absolute atomic E-state index is 1.11. The Hall–Kier alpha value is -7.52. The first kappa shape index (κ1) is 35.6. The number of nitrogens with zero attached hydrogens (tertiary/aromatic N) is 1. The van der Waals surface area contributed by atoms with Crippen LogP contribution in [0.25, 0.3) is 86.6 Å². The van der Waals surface area contributed by atoms with Crippen molar-refractivity contribution in [3.05, 3.63) is 237 Å². The number of rotatable bonds is 8. The maximum Gasteiger partial charge on any atom is 0.0476 e. The van der Waals surface area contributed by atoms with Gasteiger partial charge in [0.25, 0.3) is 0 Å². The van der Waals surface area contributed by atoms with Gasteiger partial charge < -0.3 is 4.90 Å². The zero-order valence-electron chi connectivity index (χ0n) is 32.9. The van der Waals surface area contributed by atoms with Crippen LogP contribution >= 0.6 is 11.3 Å². The van der Waals surface area contributed by atoms with Gasteiger partial charge >= 0.3 is 0 Å². The molecule has 282 valence electrons. The quantitative estimate of drug-likeness (QED) is 0.148. The predicted octanol–water partition coefficient (Wildman–Crippen LogP) is 17.0. The molecule has 0 aliphatic carbocycles. The van der Waals surface area contributed by atoms with Crippen LogP contribution in [0.1, 0.15) is 0 Å². The second-order valence-corrected chi connectivity index (χ2v) is 16.3. The molecule has 0 bridgehead atoms. The number of para-hydroxylation sites is 1. The van der Waals surface area contributed by atoms with E-state index in [1.165, 1.54) is 86.6 Å². The number of fused-ring (bicyclic) bond motifs is 4. The molecule has 1 nitrogen and oxygen atoms in total. The smallest absolute Gasteiger partial charge is 0.0476 e. The van der Waals surface area contributed by atoms with E-state index in [0.717, 1.165) is 17.1 Å². The monoisotopic (exact) mass is 781 g/mol. The van der Waals surface area contributed by atoms with E-state index in [9.17, 15) is 0 Å². The highest BCUT2D eigenvalue weighted by Crippen LogP contribution is 2.51. The summed E-state index contributed by atoms with van der Waals surface area (Å²) in [5.74, 6) is 0. The van der Waals surface area contributed by atoms with Crippen molar-refractivity contribution in [2.45, 2.75) is 0 Å². The molecule has 1 heterocycles. The molecule has 0 amide bonds. The van der Waals surface area contributed by atoms with Crippen LogP contribution in [0, 0.1) is 0 Å². The SMILES string of the molecule is c1ccc(-c2c(-c3ccccc3)c(-c3ccccc3)c3cc(-c4ccc(N(c5ccccc5)c5ccc6c(c5)sc5ccccc56)cc4)ccc3c2-c2ccccc2)cc1. The normalized spacial score (nSPS) is 11.3. The molecule has 11 rings (SSSR count). The summed E-state index contributed by atoms with van der Waals surface area (Å²) in [5.41, 5.74) is 15.5. The molecule has 0 fully saturated rings. The molecule has 0 atom stereocenters.